The molecule has 0 atom stereocenters. The summed E-state index contributed by atoms with van der Waals surface area (Å²) in [5, 5.41) is 2.74. The molecule has 0 aliphatic carbocycles. The van der Waals surface area contributed by atoms with Gasteiger partial charge in [-0.15, -0.1) is 0 Å². The van der Waals surface area contributed by atoms with Gasteiger partial charge in [0.05, 0.1) is 18.8 Å². The molecule has 0 saturated heterocycles. The Kier molecular flexibility index (Phi) is 6.85. The van der Waals surface area contributed by atoms with Gasteiger partial charge in [0.2, 0.25) is 0 Å². The van der Waals surface area contributed by atoms with E-state index in [4.69, 9.17) is 9.47 Å². The highest BCUT2D eigenvalue weighted by Gasteiger charge is 2.04. The smallest absolute Gasteiger partial charge is 0.252 e. The van der Waals surface area contributed by atoms with Crippen molar-refractivity contribution in [2.45, 2.75) is 26.9 Å². The minimum absolute atomic E-state index is 0.105. The predicted molar refractivity (Wildman–Crippen MR) is 96.8 cm³/mol. The summed E-state index contributed by atoms with van der Waals surface area (Å²) in [4.78, 5) is 16.1. The van der Waals surface area contributed by atoms with E-state index in [0.717, 1.165) is 11.4 Å². The summed E-state index contributed by atoms with van der Waals surface area (Å²) in [6.45, 7) is 6.34. The number of hydrogen-bond donors (Lipinski definition) is 1. The zero-order valence-corrected chi connectivity index (χ0v) is 14.7. The summed E-state index contributed by atoms with van der Waals surface area (Å²) in [5.41, 5.74) is 1.50. The van der Waals surface area contributed by atoms with E-state index in [1.807, 2.05) is 32.9 Å². The second-order valence-corrected chi connectivity index (χ2v) is 5.65. The fraction of sp³-hybridized carbons (Fsp3) is 0.300. The SMILES string of the molecule is Cc1ccc(OCC#CCNC(=O)c2ccc(OC(C)C)cc2)cn1. The first-order valence-electron chi connectivity index (χ1n) is 8.10. The quantitative estimate of drug-likeness (QED) is 0.823. The Morgan fingerprint density at radius 2 is 1.84 bits per heavy atom. The Bertz CT molecular complexity index is 741. The van der Waals surface area contributed by atoms with Crippen molar-refractivity contribution in [2.75, 3.05) is 13.2 Å². The molecule has 0 spiro atoms. The second-order valence-electron chi connectivity index (χ2n) is 5.65. The highest BCUT2D eigenvalue weighted by molar-refractivity contribution is 5.94. The van der Waals surface area contributed by atoms with Crippen LogP contribution in [-0.2, 0) is 0 Å². The van der Waals surface area contributed by atoms with Crippen LogP contribution in [0.1, 0.15) is 29.9 Å². The summed E-state index contributed by atoms with van der Waals surface area (Å²) in [6, 6.07) is 10.7. The van der Waals surface area contributed by atoms with Crippen molar-refractivity contribution in [1.29, 1.82) is 0 Å². The maximum absolute atomic E-state index is 12.0. The average Bonchev–Trinajstić information content (AvgIpc) is 2.59. The lowest BCUT2D eigenvalue weighted by Gasteiger charge is -2.09. The highest BCUT2D eigenvalue weighted by Crippen LogP contribution is 2.13. The number of nitrogens with one attached hydrogen (secondary N) is 1. The predicted octanol–water partition coefficient (Wildman–Crippen LogP) is 2.99. The topological polar surface area (TPSA) is 60.5 Å². The van der Waals surface area contributed by atoms with E-state index in [1.54, 1.807) is 30.5 Å². The van der Waals surface area contributed by atoms with Crippen molar-refractivity contribution in [3.05, 3.63) is 53.9 Å². The van der Waals surface area contributed by atoms with Gasteiger partial charge in [-0.25, -0.2) is 0 Å². The number of benzene rings is 1. The largest absolute Gasteiger partial charge is 0.491 e. The summed E-state index contributed by atoms with van der Waals surface area (Å²) >= 11 is 0. The number of hydrogen-bond acceptors (Lipinski definition) is 4. The summed E-state index contributed by atoms with van der Waals surface area (Å²) in [6.07, 6.45) is 1.76. The normalized spacial score (nSPS) is 9.92. The number of aryl methyl sites for hydroxylation is 1. The number of ether oxygens (including phenoxy) is 2. The van der Waals surface area contributed by atoms with Crippen LogP contribution in [0.5, 0.6) is 11.5 Å². The minimum atomic E-state index is -0.172. The van der Waals surface area contributed by atoms with E-state index in [1.165, 1.54) is 0 Å². The van der Waals surface area contributed by atoms with Crippen LogP contribution in [0.3, 0.4) is 0 Å². The first-order valence-corrected chi connectivity index (χ1v) is 8.10. The van der Waals surface area contributed by atoms with E-state index in [0.29, 0.717) is 11.3 Å². The van der Waals surface area contributed by atoms with Gasteiger partial charge in [-0.3, -0.25) is 9.78 Å². The number of aromatic nitrogens is 1. The van der Waals surface area contributed by atoms with Gasteiger partial charge >= 0.3 is 0 Å². The molecule has 2 aromatic rings. The average molecular weight is 338 g/mol. The first kappa shape index (κ1) is 18.3. The van der Waals surface area contributed by atoms with Crippen molar-refractivity contribution in [3.63, 3.8) is 0 Å². The molecule has 0 fully saturated rings. The van der Waals surface area contributed by atoms with Gasteiger partial charge in [-0.1, -0.05) is 11.8 Å². The Labute approximate surface area is 148 Å². The molecule has 1 heterocycles. The third-order valence-electron chi connectivity index (χ3n) is 3.15. The fourth-order valence-electron chi connectivity index (χ4n) is 1.96. The van der Waals surface area contributed by atoms with Crippen molar-refractivity contribution in [2.24, 2.45) is 0 Å². The lowest BCUT2D eigenvalue weighted by Crippen LogP contribution is -2.23. The van der Waals surface area contributed by atoms with E-state index < -0.39 is 0 Å². The number of pyridine rings is 1. The molecule has 0 aliphatic rings. The Morgan fingerprint density at radius 3 is 2.48 bits per heavy atom. The second kappa shape index (κ2) is 9.33. The monoisotopic (exact) mass is 338 g/mol. The molecule has 5 nitrogen and oxygen atoms in total. The molecule has 0 radical (unpaired) electrons. The molecule has 5 heteroatoms. The van der Waals surface area contributed by atoms with Crippen LogP contribution in [0.15, 0.2) is 42.6 Å². The molecule has 1 N–H and O–H groups in total. The van der Waals surface area contributed by atoms with Gasteiger partial charge in [-0.05, 0) is 57.2 Å². The van der Waals surface area contributed by atoms with Gasteiger partial charge < -0.3 is 14.8 Å². The Morgan fingerprint density at radius 1 is 1.12 bits per heavy atom. The minimum Gasteiger partial charge on any atom is -0.491 e. The van der Waals surface area contributed by atoms with Crippen LogP contribution >= 0.6 is 0 Å². The number of rotatable bonds is 6. The summed E-state index contributed by atoms with van der Waals surface area (Å²) < 4.78 is 11.0. The maximum Gasteiger partial charge on any atom is 0.252 e. The lowest BCUT2D eigenvalue weighted by molar-refractivity contribution is 0.0958. The Hall–Kier alpha value is -3.00. The molecule has 1 amide bonds. The van der Waals surface area contributed by atoms with Crippen molar-refractivity contribution >= 4 is 5.91 Å². The highest BCUT2D eigenvalue weighted by atomic mass is 16.5. The number of amides is 1. The lowest BCUT2D eigenvalue weighted by atomic mass is 10.2. The number of carbonyl (C=O) groups is 1. The summed E-state index contributed by atoms with van der Waals surface area (Å²) in [5.74, 6) is 6.95. The zero-order valence-electron chi connectivity index (χ0n) is 14.7. The standard InChI is InChI=1S/C20H22N2O3/c1-15(2)25-18-10-7-17(8-11-18)20(23)21-12-4-5-13-24-19-9-6-16(3)22-14-19/h6-11,14-15H,12-13H2,1-3H3,(H,21,23). The van der Waals surface area contributed by atoms with E-state index in [9.17, 15) is 4.79 Å². The van der Waals surface area contributed by atoms with Gasteiger partial charge in [0.15, 0.2) is 0 Å². The van der Waals surface area contributed by atoms with Crippen LogP contribution in [0.2, 0.25) is 0 Å². The van der Waals surface area contributed by atoms with E-state index in [-0.39, 0.29) is 25.2 Å². The molecule has 2 rings (SSSR count). The van der Waals surface area contributed by atoms with Gasteiger partial charge in [0.1, 0.15) is 18.1 Å². The molecule has 0 saturated carbocycles. The van der Waals surface area contributed by atoms with Gasteiger partial charge in [0, 0.05) is 11.3 Å². The van der Waals surface area contributed by atoms with Gasteiger partial charge in [0.25, 0.3) is 5.91 Å². The van der Waals surface area contributed by atoms with Crippen LogP contribution in [-0.4, -0.2) is 30.1 Å². The van der Waals surface area contributed by atoms with E-state index >= 15 is 0 Å². The van der Waals surface area contributed by atoms with Crippen LogP contribution in [0, 0.1) is 18.8 Å². The van der Waals surface area contributed by atoms with Crippen LogP contribution in [0.25, 0.3) is 0 Å². The number of nitrogens with zero attached hydrogens (tertiary/aromatic N) is 1. The molecule has 0 bridgehead atoms. The molecule has 1 aromatic heterocycles. The summed E-state index contributed by atoms with van der Waals surface area (Å²) in [7, 11) is 0. The third-order valence-corrected chi connectivity index (χ3v) is 3.15. The Balaban J connectivity index is 1.72. The maximum atomic E-state index is 12.0. The first-order chi connectivity index (χ1) is 12.0. The molecule has 0 aliphatic heterocycles. The molecule has 25 heavy (non-hydrogen) atoms. The van der Waals surface area contributed by atoms with Crippen LogP contribution < -0.4 is 14.8 Å². The molecular weight excluding hydrogens is 316 g/mol. The third kappa shape index (κ3) is 6.56. The van der Waals surface area contributed by atoms with Crippen molar-refractivity contribution in [1.82, 2.24) is 10.3 Å². The van der Waals surface area contributed by atoms with Crippen molar-refractivity contribution < 1.29 is 14.3 Å². The molecule has 0 unspecified atom stereocenters. The molecular formula is C20H22N2O3. The van der Waals surface area contributed by atoms with Crippen LogP contribution in [0.4, 0.5) is 0 Å². The van der Waals surface area contributed by atoms with E-state index in [2.05, 4.69) is 22.1 Å². The fourth-order valence-corrected chi connectivity index (χ4v) is 1.96. The van der Waals surface area contributed by atoms with Crippen molar-refractivity contribution in [3.8, 4) is 23.3 Å². The molecule has 1 aromatic carbocycles. The number of carbonyl (C=O) groups excluding carboxylic acids is 1. The zero-order chi connectivity index (χ0) is 18.1. The van der Waals surface area contributed by atoms with Gasteiger partial charge in [-0.2, -0.15) is 0 Å². The molecule has 130 valence electrons.